The van der Waals surface area contributed by atoms with E-state index in [1.165, 1.54) is 0 Å². The van der Waals surface area contributed by atoms with Crippen molar-refractivity contribution in [1.29, 1.82) is 5.26 Å². The molecule has 0 spiro atoms. The first-order valence-corrected chi connectivity index (χ1v) is 9.64. The highest BCUT2D eigenvalue weighted by atomic mass is 35.5. The van der Waals surface area contributed by atoms with Crippen LogP contribution in [0.5, 0.6) is 11.5 Å². The highest BCUT2D eigenvalue weighted by molar-refractivity contribution is 6.30. The summed E-state index contributed by atoms with van der Waals surface area (Å²) in [6.07, 6.45) is -3.78. The summed E-state index contributed by atoms with van der Waals surface area (Å²) in [6, 6.07) is 17.6. The minimum absolute atomic E-state index is 0.424. The maximum absolute atomic E-state index is 13.0. The second-order valence-corrected chi connectivity index (χ2v) is 8.20. The molecule has 7 heteroatoms. The number of rotatable bonds is 6. The van der Waals surface area contributed by atoms with Gasteiger partial charge < -0.3 is 4.74 Å². The third-order valence-electron chi connectivity index (χ3n) is 5.40. The number of benzene rings is 2. The first-order valence-electron chi connectivity index (χ1n) is 9.26. The highest BCUT2D eigenvalue weighted by Gasteiger charge is 2.62. The molecule has 1 fully saturated rings. The van der Waals surface area contributed by atoms with Gasteiger partial charge in [-0.25, -0.2) is 0 Å². The molecule has 0 heterocycles. The summed E-state index contributed by atoms with van der Waals surface area (Å²) >= 11 is 5.36. The Kier molecular flexibility index (Phi) is 5.96. The van der Waals surface area contributed by atoms with Crippen molar-refractivity contribution in [1.82, 2.24) is 0 Å². The molecule has 0 aromatic heterocycles. The number of carbonyl (C=O) groups excluding carboxylic acids is 1. The molecule has 30 heavy (non-hydrogen) atoms. The molecule has 0 bridgehead atoms. The predicted molar refractivity (Wildman–Crippen MR) is 107 cm³/mol. The third kappa shape index (κ3) is 4.52. The molecule has 3 rings (SSSR count). The number of Topliss-reactive ketones (excluding diaryl/α,β-unsaturated/α-hetero) is 1. The Morgan fingerprint density at radius 1 is 1.17 bits per heavy atom. The van der Waals surface area contributed by atoms with Crippen LogP contribution in [0.25, 0.3) is 0 Å². The van der Waals surface area contributed by atoms with Crippen LogP contribution in [0.15, 0.2) is 65.7 Å². The number of para-hydroxylation sites is 1. The first-order chi connectivity index (χ1) is 14.1. The summed E-state index contributed by atoms with van der Waals surface area (Å²) in [5.41, 5.74) is -0.279. The van der Waals surface area contributed by atoms with E-state index in [0.29, 0.717) is 17.1 Å². The van der Waals surface area contributed by atoms with Gasteiger partial charge in [0.15, 0.2) is 5.78 Å². The zero-order valence-corrected chi connectivity index (χ0v) is 17.0. The zero-order valence-electron chi connectivity index (χ0n) is 16.3. The second-order valence-electron chi connectivity index (χ2n) is 7.79. The summed E-state index contributed by atoms with van der Waals surface area (Å²) in [4.78, 5) is 13.0. The van der Waals surface area contributed by atoms with E-state index in [4.69, 9.17) is 16.3 Å². The number of hydrogen-bond donors (Lipinski definition) is 0. The van der Waals surface area contributed by atoms with Crippen LogP contribution in [0.4, 0.5) is 13.2 Å². The molecule has 0 radical (unpaired) electrons. The lowest BCUT2D eigenvalue weighted by Gasteiger charge is -2.12. The van der Waals surface area contributed by atoms with Gasteiger partial charge in [0, 0.05) is 5.92 Å². The summed E-state index contributed by atoms with van der Waals surface area (Å²) < 4.78 is 44.1. The Morgan fingerprint density at radius 2 is 1.80 bits per heavy atom. The van der Waals surface area contributed by atoms with Crippen LogP contribution in [0, 0.1) is 28.6 Å². The molecule has 1 aliphatic carbocycles. The lowest BCUT2D eigenvalue weighted by molar-refractivity contribution is -0.121. The lowest BCUT2D eigenvalue weighted by Crippen LogP contribution is -2.16. The van der Waals surface area contributed by atoms with Gasteiger partial charge in [-0.3, -0.25) is 4.79 Å². The van der Waals surface area contributed by atoms with Crippen LogP contribution in [0.1, 0.15) is 25.3 Å². The number of nitrogens with zero attached hydrogens (tertiary/aromatic N) is 1. The zero-order chi connectivity index (χ0) is 22.1. The lowest BCUT2D eigenvalue weighted by atomic mass is 9.91. The van der Waals surface area contributed by atoms with Crippen LogP contribution < -0.4 is 4.74 Å². The summed E-state index contributed by atoms with van der Waals surface area (Å²) in [7, 11) is 0. The molecule has 156 valence electrons. The van der Waals surface area contributed by atoms with E-state index in [9.17, 15) is 23.2 Å². The van der Waals surface area contributed by atoms with E-state index in [1.807, 2.05) is 24.3 Å². The van der Waals surface area contributed by atoms with Gasteiger partial charge in [0.25, 0.3) is 0 Å². The van der Waals surface area contributed by atoms with Crippen molar-refractivity contribution in [3.63, 3.8) is 0 Å². The predicted octanol–water partition coefficient (Wildman–Crippen LogP) is 6.61. The van der Waals surface area contributed by atoms with Crippen molar-refractivity contribution in [2.45, 2.75) is 25.9 Å². The van der Waals surface area contributed by atoms with Gasteiger partial charge in [-0.1, -0.05) is 61.9 Å². The van der Waals surface area contributed by atoms with Gasteiger partial charge in [-0.2, -0.15) is 18.4 Å². The van der Waals surface area contributed by atoms with Crippen LogP contribution in [0.3, 0.4) is 0 Å². The van der Waals surface area contributed by atoms with Crippen molar-refractivity contribution < 1.29 is 22.7 Å². The Bertz CT molecular complexity index is 1010. The van der Waals surface area contributed by atoms with E-state index in [2.05, 4.69) is 0 Å². The molecule has 3 atom stereocenters. The molecule has 3 nitrogen and oxygen atoms in total. The minimum Gasteiger partial charge on any atom is -0.457 e. The molecule has 0 unspecified atom stereocenters. The van der Waals surface area contributed by atoms with E-state index in [1.54, 1.807) is 50.2 Å². The smallest absolute Gasteiger partial charge is 0.426 e. The van der Waals surface area contributed by atoms with Gasteiger partial charge in [0.2, 0.25) is 0 Å². The van der Waals surface area contributed by atoms with Crippen molar-refractivity contribution in [3.05, 3.63) is 71.3 Å². The van der Waals surface area contributed by atoms with Gasteiger partial charge in [0.1, 0.15) is 22.4 Å². The molecule has 1 saturated carbocycles. The normalized spacial score (nSPS) is 21.4. The van der Waals surface area contributed by atoms with Gasteiger partial charge in [-0.05, 0) is 41.2 Å². The molecular weight excluding hydrogens is 415 g/mol. The van der Waals surface area contributed by atoms with E-state index < -0.39 is 40.2 Å². The maximum atomic E-state index is 13.0. The number of carbonyl (C=O) groups is 1. The van der Waals surface area contributed by atoms with Gasteiger partial charge >= 0.3 is 6.18 Å². The molecule has 0 aliphatic heterocycles. The Morgan fingerprint density at radius 3 is 2.40 bits per heavy atom. The maximum Gasteiger partial charge on any atom is 0.426 e. The Balaban J connectivity index is 1.82. The Hall–Kier alpha value is -2.78. The molecule has 0 saturated heterocycles. The molecule has 2 aromatic carbocycles. The monoisotopic (exact) mass is 433 g/mol. The van der Waals surface area contributed by atoms with Crippen molar-refractivity contribution in [2.75, 3.05) is 0 Å². The topological polar surface area (TPSA) is 50.1 Å². The second kappa shape index (κ2) is 8.16. The average molecular weight is 434 g/mol. The molecule has 1 aliphatic rings. The SMILES string of the molecule is CC1(C)[C@H](C(=O)[C@H](C#N)c2cccc(Oc3ccccc3)c2)[C@@H]1/C=C(\Cl)C(F)(F)F. The number of nitriles is 1. The standard InChI is InChI=1S/C23H19ClF3NO2/c1-22(2)18(12-19(24)23(25,26)27)20(22)21(29)17(13-28)14-7-6-10-16(11-14)30-15-8-4-3-5-9-15/h3-12,17-18,20H,1-2H3/b19-12-/t17-,18+,20+/m1/s1. The van der Waals surface area contributed by atoms with Crippen LogP contribution in [-0.2, 0) is 4.79 Å². The summed E-state index contributed by atoms with van der Waals surface area (Å²) in [5.74, 6) is -1.89. The quantitative estimate of drug-likeness (QED) is 0.514. The number of allylic oxidation sites excluding steroid dienone is 2. The fourth-order valence-corrected chi connectivity index (χ4v) is 3.78. The van der Waals surface area contributed by atoms with E-state index in [-0.39, 0.29) is 0 Å². The average Bonchev–Trinajstić information content (AvgIpc) is 3.22. The van der Waals surface area contributed by atoms with Crippen molar-refractivity contribution >= 4 is 17.4 Å². The largest absolute Gasteiger partial charge is 0.457 e. The first kappa shape index (κ1) is 21.9. The summed E-state index contributed by atoms with van der Waals surface area (Å²) in [5, 5.41) is 8.39. The molecular formula is C23H19ClF3NO2. The molecule has 0 amide bonds. The van der Waals surface area contributed by atoms with Crippen LogP contribution in [0.2, 0.25) is 0 Å². The van der Waals surface area contributed by atoms with Crippen molar-refractivity contribution in [3.8, 4) is 17.6 Å². The Labute approximate surface area is 177 Å². The fourth-order valence-electron chi connectivity index (χ4n) is 3.65. The molecule has 0 N–H and O–H groups in total. The van der Waals surface area contributed by atoms with E-state index in [0.717, 1.165) is 6.08 Å². The molecule has 2 aromatic rings. The van der Waals surface area contributed by atoms with Crippen LogP contribution in [-0.4, -0.2) is 12.0 Å². The van der Waals surface area contributed by atoms with E-state index >= 15 is 0 Å². The van der Waals surface area contributed by atoms with Crippen molar-refractivity contribution in [2.24, 2.45) is 17.3 Å². The van der Waals surface area contributed by atoms with Gasteiger partial charge in [-0.15, -0.1) is 0 Å². The minimum atomic E-state index is -4.66. The highest BCUT2D eigenvalue weighted by Crippen LogP contribution is 2.61. The number of ether oxygens (including phenoxy) is 1. The van der Waals surface area contributed by atoms with Gasteiger partial charge in [0.05, 0.1) is 6.07 Å². The number of halogens is 4. The van der Waals surface area contributed by atoms with Crippen LogP contribution >= 0.6 is 11.6 Å². The summed E-state index contributed by atoms with van der Waals surface area (Å²) in [6.45, 7) is 3.39. The number of ketones is 1. The number of alkyl halides is 3. The third-order valence-corrected chi connectivity index (χ3v) is 5.74. The number of hydrogen-bond acceptors (Lipinski definition) is 3. The fraction of sp³-hybridized carbons (Fsp3) is 0.304.